The van der Waals surface area contributed by atoms with Gasteiger partial charge in [-0.2, -0.15) is 0 Å². The number of rotatable bonds is 5. The van der Waals surface area contributed by atoms with Crippen molar-refractivity contribution in [2.45, 2.75) is 51.6 Å². The minimum absolute atomic E-state index is 0.0642. The lowest BCUT2D eigenvalue weighted by molar-refractivity contribution is -0.151. The average molecular weight is 381 g/mol. The summed E-state index contributed by atoms with van der Waals surface area (Å²) < 4.78 is 5.07. The summed E-state index contributed by atoms with van der Waals surface area (Å²) in [7, 11) is 0. The second-order valence-corrected chi connectivity index (χ2v) is 7.37. The van der Waals surface area contributed by atoms with Crippen LogP contribution in [0.2, 0.25) is 0 Å². The molecule has 3 aliphatic rings. The number of halogens is 1. The second-order valence-electron chi connectivity index (χ2n) is 6.89. The van der Waals surface area contributed by atoms with Gasteiger partial charge in [0.2, 0.25) is 5.91 Å². The van der Waals surface area contributed by atoms with Gasteiger partial charge in [0, 0.05) is 24.5 Å². The zero-order valence-corrected chi connectivity index (χ0v) is 15.8. The Balaban J connectivity index is 1.43. The summed E-state index contributed by atoms with van der Waals surface area (Å²) in [6.07, 6.45) is 7.67. The lowest BCUT2D eigenvalue weighted by Gasteiger charge is -2.31. The number of piperidine rings is 1. The summed E-state index contributed by atoms with van der Waals surface area (Å²) >= 11 is 5.99. The van der Waals surface area contributed by atoms with E-state index in [4.69, 9.17) is 21.2 Å². The van der Waals surface area contributed by atoms with Gasteiger partial charge in [-0.25, -0.2) is 0 Å². The van der Waals surface area contributed by atoms with E-state index < -0.39 is 0 Å². The minimum Gasteiger partial charge on any atom is -0.466 e. The molecule has 1 fully saturated rings. The molecule has 142 valence electrons. The molecule has 1 atom stereocenters. The monoisotopic (exact) mass is 380 g/mol. The molecule has 0 spiro atoms. The van der Waals surface area contributed by atoms with E-state index in [9.17, 15) is 9.59 Å². The van der Waals surface area contributed by atoms with E-state index in [1.165, 1.54) is 0 Å². The fourth-order valence-electron chi connectivity index (χ4n) is 3.53. The number of oxime groups is 1. The van der Waals surface area contributed by atoms with Crippen LogP contribution in [-0.4, -0.2) is 48.3 Å². The van der Waals surface area contributed by atoms with Crippen LogP contribution in [-0.2, 0) is 19.2 Å². The van der Waals surface area contributed by atoms with E-state index in [0.717, 1.165) is 29.2 Å². The first-order valence-corrected chi connectivity index (χ1v) is 9.67. The van der Waals surface area contributed by atoms with Crippen molar-refractivity contribution in [2.75, 3.05) is 19.7 Å². The second kappa shape index (κ2) is 8.71. The molecule has 0 N–H and O–H groups in total. The van der Waals surface area contributed by atoms with E-state index in [-0.39, 0.29) is 23.9 Å². The first-order chi connectivity index (χ1) is 12.6. The smallest absolute Gasteiger partial charge is 0.309 e. The summed E-state index contributed by atoms with van der Waals surface area (Å²) in [6, 6.07) is 0. The van der Waals surface area contributed by atoms with Crippen molar-refractivity contribution in [2.24, 2.45) is 11.1 Å². The molecule has 0 saturated carbocycles. The van der Waals surface area contributed by atoms with Crippen molar-refractivity contribution < 1.29 is 19.2 Å². The van der Waals surface area contributed by atoms with Crippen LogP contribution >= 0.6 is 11.6 Å². The predicted octanol–water partition coefficient (Wildman–Crippen LogP) is 3.17. The summed E-state index contributed by atoms with van der Waals surface area (Å²) in [6.45, 7) is 3.40. The Kier molecular flexibility index (Phi) is 6.35. The Morgan fingerprint density at radius 2 is 2.08 bits per heavy atom. The van der Waals surface area contributed by atoms with Gasteiger partial charge < -0.3 is 14.5 Å². The molecule has 7 heteroatoms. The number of allylic oxidation sites excluding steroid dienone is 4. The molecule has 1 amide bonds. The van der Waals surface area contributed by atoms with Crippen LogP contribution in [0.5, 0.6) is 0 Å². The zero-order chi connectivity index (χ0) is 18.5. The van der Waals surface area contributed by atoms with Crippen molar-refractivity contribution in [3.8, 4) is 0 Å². The van der Waals surface area contributed by atoms with E-state index in [0.29, 0.717) is 45.4 Å². The number of carbonyl (C=O) groups excluding carboxylic acids is 2. The molecular formula is C19H25ClN2O4. The predicted molar refractivity (Wildman–Crippen MR) is 98.7 cm³/mol. The molecule has 0 bridgehead atoms. The van der Waals surface area contributed by atoms with Crippen LogP contribution in [0.3, 0.4) is 0 Å². The van der Waals surface area contributed by atoms with Gasteiger partial charge in [0.15, 0.2) is 0 Å². The quantitative estimate of drug-likeness (QED) is 0.687. The normalized spacial score (nSPS) is 23.7. The molecule has 3 rings (SSSR count). The largest absolute Gasteiger partial charge is 0.466 e. The molecule has 0 aromatic carbocycles. The van der Waals surface area contributed by atoms with Gasteiger partial charge in [0.05, 0.1) is 24.7 Å². The van der Waals surface area contributed by atoms with Crippen molar-refractivity contribution in [3.05, 3.63) is 22.8 Å². The highest BCUT2D eigenvalue weighted by Gasteiger charge is 2.31. The van der Waals surface area contributed by atoms with Crippen LogP contribution in [0.25, 0.3) is 0 Å². The Morgan fingerprint density at radius 3 is 2.73 bits per heavy atom. The summed E-state index contributed by atoms with van der Waals surface area (Å²) in [5.41, 5.74) is 2.06. The van der Waals surface area contributed by atoms with Gasteiger partial charge in [0.1, 0.15) is 6.10 Å². The molecule has 1 aliphatic carbocycles. The Hall–Kier alpha value is -1.82. The maximum atomic E-state index is 12.5. The number of hydrogen-bond acceptors (Lipinski definition) is 5. The summed E-state index contributed by atoms with van der Waals surface area (Å²) in [5.74, 6) is -0.171. The Morgan fingerprint density at radius 1 is 1.31 bits per heavy atom. The van der Waals surface area contributed by atoms with Crippen LogP contribution in [0, 0.1) is 5.92 Å². The molecular weight excluding hydrogens is 356 g/mol. The number of likely N-dealkylation sites (tertiary alicyclic amines) is 1. The first kappa shape index (κ1) is 19.0. The SMILES string of the molecule is CCOC(=O)C1CCN(C(=O)CC2CC(C3=CC=C(Cl)CC3)=NO2)CC1. The fourth-order valence-corrected chi connectivity index (χ4v) is 3.69. The summed E-state index contributed by atoms with van der Waals surface area (Å²) in [5, 5.41) is 5.02. The Labute approximate surface area is 158 Å². The molecule has 1 unspecified atom stereocenters. The third-order valence-corrected chi connectivity index (χ3v) is 5.39. The maximum absolute atomic E-state index is 12.5. The van der Waals surface area contributed by atoms with E-state index in [2.05, 4.69) is 5.16 Å². The lowest BCUT2D eigenvalue weighted by atomic mass is 9.95. The van der Waals surface area contributed by atoms with Crippen LogP contribution < -0.4 is 0 Å². The van der Waals surface area contributed by atoms with Crippen LogP contribution in [0.4, 0.5) is 0 Å². The number of ether oxygens (including phenoxy) is 1. The average Bonchev–Trinajstić information content (AvgIpc) is 3.11. The molecule has 26 heavy (non-hydrogen) atoms. The van der Waals surface area contributed by atoms with Crippen LogP contribution in [0.15, 0.2) is 27.9 Å². The molecule has 0 aromatic rings. The highest BCUT2D eigenvalue weighted by molar-refractivity contribution is 6.29. The van der Waals surface area contributed by atoms with E-state index in [1.807, 2.05) is 24.0 Å². The van der Waals surface area contributed by atoms with Gasteiger partial charge in [-0.3, -0.25) is 9.59 Å². The Bertz CT molecular complexity index is 648. The maximum Gasteiger partial charge on any atom is 0.309 e. The third-order valence-electron chi connectivity index (χ3n) is 5.07. The third kappa shape index (κ3) is 4.67. The van der Waals surface area contributed by atoms with Gasteiger partial charge in [-0.1, -0.05) is 22.8 Å². The number of nitrogens with zero attached hydrogens (tertiary/aromatic N) is 2. The fraction of sp³-hybridized carbons (Fsp3) is 0.632. The molecule has 0 radical (unpaired) electrons. The highest BCUT2D eigenvalue weighted by atomic mass is 35.5. The van der Waals surface area contributed by atoms with Crippen molar-refractivity contribution >= 4 is 29.2 Å². The zero-order valence-electron chi connectivity index (χ0n) is 15.1. The lowest BCUT2D eigenvalue weighted by Crippen LogP contribution is -2.41. The van der Waals surface area contributed by atoms with Gasteiger partial charge in [-0.05, 0) is 44.3 Å². The van der Waals surface area contributed by atoms with Gasteiger partial charge >= 0.3 is 5.97 Å². The van der Waals surface area contributed by atoms with E-state index in [1.54, 1.807) is 0 Å². The summed E-state index contributed by atoms with van der Waals surface area (Å²) in [4.78, 5) is 31.6. The highest BCUT2D eigenvalue weighted by Crippen LogP contribution is 2.27. The van der Waals surface area contributed by atoms with Gasteiger partial charge in [0.25, 0.3) is 0 Å². The molecule has 1 saturated heterocycles. The van der Waals surface area contributed by atoms with Crippen molar-refractivity contribution in [1.82, 2.24) is 4.90 Å². The van der Waals surface area contributed by atoms with Gasteiger partial charge in [-0.15, -0.1) is 0 Å². The molecule has 2 heterocycles. The molecule has 0 aromatic heterocycles. The van der Waals surface area contributed by atoms with E-state index >= 15 is 0 Å². The molecule has 2 aliphatic heterocycles. The topological polar surface area (TPSA) is 68.2 Å². The first-order valence-electron chi connectivity index (χ1n) is 9.29. The molecule has 6 nitrogen and oxygen atoms in total. The van der Waals surface area contributed by atoms with Crippen molar-refractivity contribution in [1.29, 1.82) is 0 Å². The van der Waals surface area contributed by atoms with Crippen LogP contribution in [0.1, 0.15) is 45.4 Å². The number of carbonyl (C=O) groups is 2. The number of amides is 1. The number of hydrogen-bond donors (Lipinski definition) is 0. The number of esters is 1. The standard InChI is InChI=1S/C19H25ClN2O4/c1-2-25-19(24)14-7-9-22(10-8-14)18(23)12-16-11-17(21-26-16)13-3-5-15(20)6-4-13/h3,5,14,16H,2,4,6-12H2,1H3. The van der Waals surface area contributed by atoms with Crippen molar-refractivity contribution in [3.63, 3.8) is 0 Å². The minimum atomic E-state index is -0.206.